The molecule has 1 fully saturated rings. The van der Waals surface area contributed by atoms with E-state index in [0.29, 0.717) is 32.0 Å². The van der Waals surface area contributed by atoms with Crippen molar-refractivity contribution < 1.29 is 14.7 Å². The Morgan fingerprint density at radius 1 is 1.53 bits per heavy atom. The Balaban J connectivity index is 2.28. The van der Waals surface area contributed by atoms with Crippen molar-refractivity contribution in [1.29, 1.82) is 0 Å². The fraction of sp³-hybridized carbons (Fsp3) is 0.833. The lowest BCUT2D eigenvalue weighted by Gasteiger charge is -2.17. The molecule has 0 aromatic rings. The molecule has 0 saturated carbocycles. The number of carbonyl (C=O) groups is 2. The normalized spacial score (nSPS) is 21.5. The van der Waals surface area contributed by atoms with Crippen molar-refractivity contribution in [2.75, 3.05) is 19.6 Å². The molecule has 1 aliphatic heterocycles. The van der Waals surface area contributed by atoms with E-state index in [1.165, 1.54) is 0 Å². The molecule has 17 heavy (non-hydrogen) atoms. The fourth-order valence-electron chi connectivity index (χ4n) is 2.12. The molecule has 98 valence electrons. The standard InChI is InChI=1S/C12H22N2O3/c1-9(7-13)2-3-11(15)14-5-4-10(8-14)6-12(16)17/h9-10H,2-8,13H2,1H3,(H,16,17). The van der Waals surface area contributed by atoms with Crippen molar-refractivity contribution in [2.24, 2.45) is 17.6 Å². The molecular formula is C12H22N2O3. The number of carboxylic acids is 1. The summed E-state index contributed by atoms with van der Waals surface area (Å²) in [5.41, 5.74) is 5.50. The highest BCUT2D eigenvalue weighted by atomic mass is 16.4. The molecule has 0 bridgehead atoms. The van der Waals surface area contributed by atoms with Crippen LogP contribution in [0.15, 0.2) is 0 Å². The minimum atomic E-state index is -0.777. The van der Waals surface area contributed by atoms with Gasteiger partial charge in [0.05, 0.1) is 0 Å². The number of rotatable bonds is 6. The molecule has 2 unspecified atom stereocenters. The Bertz CT molecular complexity index is 281. The molecule has 2 atom stereocenters. The minimum Gasteiger partial charge on any atom is -0.481 e. The Labute approximate surface area is 102 Å². The van der Waals surface area contributed by atoms with Crippen LogP contribution in [0.5, 0.6) is 0 Å². The van der Waals surface area contributed by atoms with Crippen LogP contribution in [0.1, 0.15) is 32.6 Å². The Morgan fingerprint density at radius 3 is 2.82 bits per heavy atom. The average Bonchev–Trinajstić information content (AvgIpc) is 2.72. The third kappa shape index (κ3) is 4.73. The van der Waals surface area contributed by atoms with Gasteiger partial charge in [-0.1, -0.05) is 6.92 Å². The van der Waals surface area contributed by atoms with Crippen LogP contribution >= 0.6 is 0 Å². The van der Waals surface area contributed by atoms with Crippen LogP contribution in [-0.2, 0) is 9.59 Å². The van der Waals surface area contributed by atoms with E-state index in [1.54, 1.807) is 4.90 Å². The highest BCUT2D eigenvalue weighted by molar-refractivity contribution is 5.76. The zero-order valence-electron chi connectivity index (χ0n) is 10.4. The molecule has 3 N–H and O–H groups in total. The van der Waals surface area contributed by atoms with Crippen molar-refractivity contribution in [3.63, 3.8) is 0 Å². The third-order valence-corrected chi connectivity index (χ3v) is 3.36. The number of nitrogens with zero attached hydrogens (tertiary/aromatic N) is 1. The summed E-state index contributed by atoms with van der Waals surface area (Å²) in [5, 5.41) is 8.69. The number of hydrogen-bond donors (Lipinski definition) is 2. The van der Waals surface area contributed by atoms with Crippen molar-refractivity contribution in [1.82, 2.24) is 4.90 Å². The van der Waals surface area contributed by atoms with Crippen LogP contribution in [0.4, 0.5) is 0 Å². The highest BCUT2D eigenvalue weighted by Gasteiger charge is 2.27. The number of carboxylic acid groups (broad SMARTS) is 1. The van der Waals surface area contributed by atoms with Gasteiger partial charge in [-0.25, -0.2) is 0 Å². The maximum atomic E-state index is 11.8. The second kappa shape index (κ2) is 6.59. The first-order chi connectivity index (χ1) is 8.02. The van der Waals surface area contributed by atoms with Crippen LogP contribution in [-0.4, -0.2) is 41.5 Å². The van der Waals surface area contributed by atoms with Gasteiger partial charge in [0.25, 0.3) is 0 Å². The van der Waals surface area contributed by atoms with Gasteiger partial charge in [0.1, 0.15) is 0 Å². The van der Waals surface area contributed by atoms with Crippen molar-refractivity contribution in [2.45, 2.75) is 32.6 Å². The van der Waals surface area contributed by atoms with Gasteiger partial charge in [0.15, 0.2) is 0 Å². The van der Waals surface area contributed by atoms with Crippen LogP contribution in [0, 0.1) is 11.8 Å². The van der Waals surface area contributed by atoms with Gasteiger partial charge in [-0.3, -0.25) is 9.59 Å². The molecule has 1 aliphatic rings. The lowest BCUT2D eigenvalue weighted by atomic mass is 10.1. The van der Waals surface area contributed by atoms with Gasteiger partial charge < -0.3 is 15.7 Å². The van der Waals surface area contributed by atoms with Gasteiger partial charge >= 0.3 is 5.97 Å². The van der Waals surface area contributed by atoms with E-state index in [9.17, 15) is 9.59 Å². The topological polar surface area (TPSA) is 83.6 Å². The average molecular weight is 242 g/mol. The van der Waals surface area contributed by atoms with E-state index < -0.39 is 5.97 Å². The molecule has 1 heterocycles. The van der Waals surface area contributed by atoms with Crippen LogP contribution < -0.4 is 5.73 Å². The molecule has 1 amide bonds. The summed E-state index contributed by atoms with van der Waals surface area (Å²) < 4.78 is 0. The van der Waals surface area contributed by atoms with Crippen molar-refractivity contribution >= 4 is 11.9 Å². The highest BCUT2D eigenvalue weighted by Crippen LogP contribution is 2.20. The Morgan fingerprint density at radius 2 is 2.24 bits per heavy atom. The van der Waals surface area contributed by atoms with Crippen LogP contribution in [0.2, 0.25) is 0 Å². The molecule has 0 aromatic carbocycles. The summed E-state index contributed by atoms with van der Waals surface area (Å²) in [6.45, 7) is 3.94. The molecule has 5 heteroatoms. The molecule has 0 aliphatic carbocycles. The van der Waals surface area contributed by atoms with E-state index in [4.69, 9.17) is 10.8 Å². The van der Waals surface area contributed by atoms with Crippen molar-refractivity contribution in [3.8, 4) is 0 Å². The van der Waals surface area contributed by atoms with E-state index in [-0.39, 0.29) is 18.2 Å². The quantitative estimate of drug-likeness (QED) is 0.717. The molecule has 1 rings (SSSR count). The summed E-state index contributed by atoms with van der Waals surface area (Å²) in [6, 6.07) is 0. The Hall–Kier alpha value is -1.10. The summed E-state index contributed by atoms with van der Waals surface area (Å²) in [5.74, 6) is -0.140. The summed E-state index contributed by atoms with van der Waals surface area (Å²) in [6.07, 6.45) is 2.32. The SMILES string of the molecule is CC(CN)CCC(=O)N1CCC(CC(=O)O)C1. The second-order valence-electron chi connectivity index (χ2n) is 4.97. The van der Waals surface area contributed by atoms with Crippen molar-refractivity contribution in [3.05, 3.63) is 0 Å². The molecule has 0 spiro atoms. The number of nitrogens with two attached hydrogens (primary N) is 1. The van der Waals surface area contributed by atoms with E-state index >= 15 is 0 Å². The van der Waals surface area contributed by atoms with Gasteiger partial charge in [-0.05, 0) is 31.2 Å². The van der Waals surface area contributed by atoms with Gasteiger partial charge in [-0.15, -0.1) is 0 Å². The zero-order chi connectivity index (χ0) is 12.8. The first-order valence-electron chi connectivity index (χ1n) is 6.22. The number of hydrogen-bond acceptors (Lipinski definition) is 3. The first-order valence-corrected chi connectivity index (χ1v) is 6.22. The summed E-state index contributed by atoms with van der Waals surface area (Å²) in [4.78, 5) is 24.2. The largest absolute Gasteiger partial charge is 0.481 e. The molecule has 0 aromatic heterocycles. The van der Waals surface area contributed by atoms with Gasteiger partial charge in [-0.2, -0.15) is 0 Å². The van der Waals surface area contributed by atoms with Crippen LogP contribution in [0.25, 0.3) is 0 Å². The van der Waals surface area contributed by atoms with E-state index in [0.717, 1.165) is 12.8 Å². The Kier molecular flexibility index (Phi) is 5.41. The molecule has 5 nitrogen and oxygen atoms in total. The maximum absolute atomic E-state index is 11.8. The molecular weight excluding hydrogens is 220 g/mol. The predicted molar refractivity (Wildman–Crippen MR) is 64.4 cm³/mol. The monoisotopic (exact) mass is 242 g/mol. The first kappa shape index (κ1) is 14.0. The van der Waals surface area contributed by atoms with Gasteiger partial charge in [0.2, 0.25) is 5.91 Å². The third-order valence-electron chi connectivity index (χ3n) is 3.36. The summed E-state index contributed by atoms with van der Waals surface area (Å²) >= 11 is 0. The van der Waals surface area contributed by atoms with Gasteiger partial charge in [0, 0.05) is 25.9 Å². The lowest BCUT2D eigenvalue weighted by molar-refractivity contribution is -0.138. The number of amides is 1. The maximum Gasteiger partial charge on any atom is 0.303 e. The molecule has 0 radical (unpaired) electrons. The summed E-state index contributed by atoms with van der Waals surface area (Å²) in [7, 11) is 0. The van der Waals surface area contributed by atoms with Crippen LogP contribution in [0.3, 0.4) is 0 Å². The second-order valence-corrected chi connectivity index (χ2v) is 4.97. The number of aliphatic carboxylic acids is 1. The fourth-order valence-corrected chi connectivity index (χ4v) is 2.12. The van der Waals surface area contributed by atoms with E-state index in [1.807, 2.05) is 6.92 Å². The lowest BCUT2D eigenvalue weighted by Crippen LogP contribution is -2.29. The number of likely N-dealkylation sites (tertiary alicyclic amines) is 1. The smallest absolute Gasteiger partial charge is 0.303 e. The number of carbonyl (C=O) groups excluding carboxylic acids is 1. The zero-order valence-corrected chi connectivity index (χ0v) is 10.4. The predicted octanol–water partition coefficient (Wildman–Crippen LogP) is 0.685. The minimum absolute atomic E-state index is 0.128. The van der Waals surface area contributed by atoms with E-state index in [2.05, 4.69) is 0 Å². The molecule has 1 saturated heterocycles.